The standard InChI is InChI=1S/C11H14O3/c1-8-5-3-4-6-10(8)14-9(2)7-11(12)13/h3-6,9H,7H2,1-2H3,(H,12,13). The van der Waals surface area contributed by atoms with Gasteiger partial charge in [-0.3, -0.25) is 4.79 Å². The maximum absolute atomic E-state index is 10.4. The summed E-state index contributed by atoms with van der Waals surface area (Å²) in [5.74, 6) is -0.0904. The van der Waals surface area contributed by atoms with Gasteiger partial charge in [-0.15, -0.1) is 0 Å². The van der Waals surface area contributed by atoms with E-state index in [4.69, 9.17) is 9.84 Å². The number of carboxylic acid groups (broad SMARTS) is 1. The van der Waals surface area contributed by atoms with Crippen LogP contribution in [0.3, 0.4) is 0 Å². The van der Waals surface area contributed by atoms with Gasteiger partial charge in [-0.25, -0.2) is 0 Å². The molecule has 0 amide bonds. The van der Waals surface area contributed by atoms with Gasteiger partial charge in [0.1, 0.15) is 11.9 Å². The molecular formula is C11H14O3. The molecule has 1 atom stereocenters. The topological polar surface area (TPSA) is 46.5 Å². The van der Waals surface area contributed by atoms with Gasteiger partial charge >= 0.3 is 5.97 Å². The largest absolute Gasteiger partial charge is 0.490 e. The molecule has 14 heavy (non-hydrogen) atoms. The minimum Gasteiger partial charge on any atom is -0.490 e. The molecule has 0 spiro atoms. The van der Waals surface area contributed by atoms with E-state index in [0.29, 0.717) is 0 Å². The lowest BCUT2D eigenvalue weighted by molar-refractivity contribution is -0.138. The first-order valence-electron chi connectivity index (χ1n) is 4.53. The van der Waals surface area contributed by atoms with E-state index in [1.807, 2.05) is 31.2 Å². The Morgan fingerprint density at radius 3 is 2.71 bits per heavy atom. The molecule has 76 valence electrons. The third-order valence-corrected chi connectivity index (χ3v) is 1.88. The van der Waals surface area contributed by atoms with E-state index in [2.05, 4.69) is 0 Å². The van der Waals surface area contributed by atoms with Gasteiger partial charge in [0.2, 0.25) is 0 Å². The molecule has 0 aromatic heterocycles. The van der Waals surface area contributed by atoms with Crippen LogP contribution in [0.5, 0.6) is 5.75 Å². The van der Waals surface area contributed by atoms with Crippen LogP contribution in [-0.4, -0.2) is 17.2 Å². The number of carboxylic acids is 1. The van der Waals surface area contributed by atoms with Gasteiger partial charge in [0, 0.05) is 0 Å². The number of carbonyl (C=O) groups is 1. The van der Waals surface area contributed by atoms with Crippen LogP contribution in [0.4, 0.5) is 0 Å². The van der Waals surface area contributed by atoms with E-state index in [-0.39, 0.29) is 12.5 Å². The van der Waals surface area contributed by atoms with Gasteiger partial charge in [-0.2, -0.15) is 0 Å². The van der Waals surface area contributed by atoms with Crippen molar-refractivity contribution in [3.05, 3.63) is 29.8 Å². The first-order chi connectivity index (χ1) is 6.59. The predicted molar refractivity (Wildman–Crippen MR) is 53.5 cm³/mol. The highest BCUT2D eigenvalue weighted by Gasteiger charge is 2.09. The summed E-state index contributed by atoms with van der Waals surface area (Å²) in [6.45, 7) is 3.68. The van der Waals surface area contributed by atoms with Crippen molar-refractivity contribution < 1.29 is 14.6 Å². The Bertz CT molecular complexity index is 320. The minimum absolute atomic E-state index is 0.0222. The predicted octanol–water partition coefficient (Wildman–Crippen LogP) is 2.24. The SMILES string of the molecule is Cc1ccccc1OC(C)CC(=O)O. The highest BCUT2D eigenvalue weighted by molar-refractivity contribution is 5.67. The number of para-hydroxylation sites is 1. The number of hydrogen-bond donors (Lipinski definition) is 1. The van der Waals surface area contributed by atoms with Gasteiger partial charge < -0.3 is 9.84 Å². The smallest absolute Gasteiger partial charge is 0.307 e. The number of aryl methyl sites for hydroxylation is 1. The van der Waals surface area contributed by atoms with Crippen molar-refractivity contribution in [2.24, 2.45) is 0 Å². The molecule has 0 aliphatic heterocycles. The number of ether oxygens (including phenoxy) is 1. The summed E-state index contributed by atoms with van der Waals surface area (Å²) in [5.41, 5.74) is 1.02. The third kappa shape index (κ3) is 3.09. The van der Waals surface area contributed by atoms with Crippen LogP contribution < -0.4 is 4.74 Å². The van der Waals surface area contributed by atoms with Crippen molar-refractivity contribution in [1.29, 1.82) is 0 Å². The second-order valence-electron chi connectivity index (χ2n) is 3.29. The zero-order valence-electron chi connectivity index (χ0n) is 8.36. The molecule has 0 fully saturated rings. The molecule has 0 aliphatic carbocycles. The lowest BCUT2D eigenvalue weighted by atomic mass is 10.2. The molecule has 0 saturated carbocycles. The van der Waals surface area contributed by atoms with Crippen LogP contribution in [0.25, 0.3) is 0 Å². The van der Waals surface area contributed by atoms with Crippen molar-refractivity contribution >= 4 is 5.97 Å². The molecule has 1 N–H and O–H groups in total. The number of aliphatic carboxylic acids is 1. The minimum atomic E-state index is -0.842. The summed E-state index contributed by atoms with van der Waals surface area (Å²) in [6.07, 6.45) is -0.275. The van der Waals surface area contributed by atoms with E-state index >= 15 is 0 Å². The molecule has 0 radical (unpaired) electrons. The summed E-state index contributed by atoms with van der Waals surface area (Å²) < 4.78 is 5.48. The zero-order chi connectivity index (χ0) is 10.6. The third-order valence-electron chi connectivity index (χ3n) is 1.88. The van der Waals surface area contributed by atoms with Crippen molar-refractivity contribution in [3.63, 3.8) is 0 Å². The van der Waals surface area contributed by atoms with Crippen LogP contribution in [0.15, 0.2) is 24.3 Å². The number of benzene rings is 1. The summed E-state index contributed by atoms with van der Waals surface area (Å²) in [4.78, 5) is 10.4. The average molecular weight is 194 g/mol. The Hall–Kier alpha value is -1.51. The summed E-state index contributed by atoms with van der Waals surface area (Å²) in [6, 6.07) is 7.57. The maximum Gasteiger partial charge on any atom is 0.307 e. The van der Waals surface area contributed by atoms with Gasteiger partial charge in [0.15, 0.2) is 0 Å². The van der Waals surface area contributed by atoms with E-state index < -0.39 is 5.97 Å². The molecule has 1 aromatic carbocycles. The van der Waals surface area contributed by atoms with Gasteiger partial charge in [-0.1, -0.05) is 18.2 Å². The molecule has 1 rings (SSSR count). The molecule has 1 unspecified atom stereocenters. The second kappa shape index (κ2) is 4.65. The molecule has 0 bridgehead atoms. The van der Waals surface area contributed by atoms with Crippen molar-refractivity contribution in [1.82, 2.24) is 0 Å². The molecule has 0 heterocycles. The molecular weight excluding hydrogens is 180 g/mol. The Labute approximate surface area is 83.3 Å². The maximum atomic E-state index is 10.4. The zero-order valence-corrected chi connectivity index (χ0v) is 8.36. The second-order valence-corrected chi connectivity index (χ2v) is 3.29. The Kier molecular flexibility index (Phi) is 3.51. The monoisotopic (exact) mass is 194 g/mol. The highest BCUT2D eigenvalue weighted by atomic mass is 16.5. The van der Waals surface area contributed by atoms with Gasteiger partial charge in [0.25, 0.3) is 0 Å². The molecule has 3 nitrogen and oxygen atoms in total. The molecule has 0 saturated heterocycles. The summed E-state index contributed by atoms with van der Waals surface area (Å²) in [5, 5.41) is 8.55. The van der Waals surface area contributed by atoms with Crippen molar-refractivity contribution in [2.45, 2.75) is 26.4 Å². The van der Waals surface area contributed by atoms with Gasteiger partial charge in [0.05, 0.1) is 6.42 Å². The lowest BCUT2D eigenvalue weighted by Gasteiger charge is -2.14. The number of hydrogen-bond acceptors (Lipinski definition) is 2. The summed E-state index contributed by atoms with van der Waals surface area (Å²) in [7, 11) is 0. The first-order valence-corrected chi connectivity index (χ1v) is 4.53. The Morgan fingerprint density at radius 1 is 1.50 bits per heavy atom. The van der Waals surface area contributed by atoms with E-state index in [1.54, 1.807) is 6.92 Å². The molecule has 1 aromatic rings. The normalized spacial score (nSPS) is 12.1. The van der Waals surface area contributed by atoms with Crippen LogP contribution in [0.2, 0.25) is 0 Å². The molecule has 0 aliphatic rings. The van der Waals surface area contributed by atoms with E-state index in [9.17, 15) is 4.79 Å². The fraction of sp³-hybridized carbons (Fsp3) is 0.364. The van der Waals surface area contributed by atoms with Crippen LogP contribution in [0.1, 0.15) is 18.9 Å². The van der Waals surface area contributed by atoms with Crippen LogP contribution in [-0.2, 0) is 4.79 Å². The quantitative estimate of drug-likeness (QED) is 0.799. The molecule has 3 heteroatoms. The fourth-order valence-corrected chi connectivity index (χ4v) is 1.19. The van der Waals surface area contributed by atoms with Crippen LogP contribution >= 0.6 is 0 Å². The van der Waals surface area contributed by atoms with Gasteiger partial charge in [-0.05, 0) is 25.5 Å². The number of rotatable bonds is 4. The van der Waals surface area contributed by atoms with E-state index in [1.165, 1.54) is 0 Å². The highest BCUT2D eigenvalue weighted by Crippen LogP contribution is 2.18. The summed E-state index contributed by atoms with van der Waals surface area (Å²) >= 11 is 0. The lowest BCUT2D eigenvalue weighted by Crippen LogP contribution is -2.16. The fourth-order valence-electron chi connectivity index (χ4n) is 1.19. The van der Waals surface area contributed by atoms with Crippen LogP contribution in [0, 0.1) is 6.92 Å². The van der Waals surface area contributed by atoms with Crippen molar-refractivity contribution in [3.8, 4) is 5.75 Å². The van der Waals surface area contributed by atoms with E-state index in [0.717, 1.165) is 11.3 Å². The Morgan fingerprint density at radius 2 is 2.14 bits per heavy atom. The first kappa shape index (κ1) is 10.6. The van der Waals surface area contributed by atoms with Crippen molar-refractivity contribution in [2.75, 3.05) is 0 Å². The Balaban J connectivity index is 2.60. The average Bonchev–Trinajstić information content (AvgIpc) is 2.07.